The SMILES string of the molecule is [2H]c1nc([2H])c2c(Br)c([2H])[nH]c2c1[2H]. The first-order chi connectivity index (χ1) is 6.52. The van der Waals surface area contributed by atoms with Gasteiger partial charge < -0.3 is 4.98 Å². The van der Waals surface area contributed by atoms with Gasteiger partial charge in [-0.1, -0.05) is 0 Å². The number of aromatic nitrogens is 2. The van der Waals surface area contributed by atoms with Crippen molar-refractivity contribution in [3.8, 4) is 0 Å². The van der Waals surface area contributed by atoms with Crippen LogP contribution < -0.4 is 0 Å². The van der Waals surface area contributed by atoms with Crippen LogP contribution in [0.25, 0.3) is 10.9 Å². The van der Waals surface area contributed by atoms with Crippen molar-refractivity contribution in [3.05, 3.63) is 29.0 Å². The van der Waals surface area contributed by atoms with Gasteiger partial charge in [-0.2, -0.15) is 0 Å². The van der Waals surface area contributed by atoms with Crippen molar-refractivity contribution in [2.75, 3.05) is 0 Å². The number of nitrogens with one attached hydrogen (secondary N) is 1. The zero-order valence-electron chi connectivity index (χ0n) is 8.83. The fourth-order valence-electron chi connectivity index (χ4n) is 0.719. The average Bonchev–Trinajstić information content (AvgIpc) is 2.40. The first-order valence-corrected chi connectivity index (χ1v) is 3.43. The highest BCUT2D eigenvalue weighted by Crippen LogP contribution is 2.21. The van der Waals surface area contributed by atoms with Crippen LogP contribution in [0.5, 0.6) is 0 Å². The van der Waals surface area contributed by atoms with Gasteiger partial charge in [0.25, 0.3) is 0 Å². The Morgan fingerprint density at radius 3 is 3.50 bits per heavy atom. The first-order valence-electron chi connectivity index (χ1n) is 4.64. The molecule has 0 amide bonds. The third kappa shape index (κ3) is 0.743. The maximum absolute atomic E-state index is 7.53. The molecule has 0 aromatic carbocycles. The maximum atomic E-state index is 7.53. The van der Waals surface area contributed by atoms with E-state index in [1.165, 1.54) is 0 Å². The van der Waals surface area contributed by atoms with Crippen LogP contribution >= 0.6 is 15.9 Å². The first kappa shape index (κ1) is 3.05. The Hall–Kier alpha value is -0.830. The summed E-state index contributed by atoms with van der Waals surface area (Å²) in [7, 11) is 0. The molecule has 2 rings (SSSR count). The van der Waals surface area contributed by atoms with Crippen LogP contribution in [-0.4, -0.2) is 9.97 Å². The Bertz CT molecular complexity index is 522. The Balaban J connectivity index is 3.02. The summed E-state index contributed by atoms with van der Waals surface area (Å²) in [5.41, 5.74) is 0.312. The highest BCUT2D eigenvalue weighted by atomic mass is 79.9. The van der Waals surface area contributed by atoms with Crippen molar-refractivity contribution in [2.45, 2.75) is 0 Å². The Morgan fingerprint density at radius 1 is 1.70 bits per heavy atom. The third-order valence-electron chi connectivity index (χ3n) is 1.17. The molecule has 1 N–H and O–H groups in total. The summed E-state index contributed by atoms with van der Waals surface area (Å²) in [6.07, 6.45) is -0.256. The lowest BCUT2D eigenvalue weighted by Gasteiger charge is -1.85. The second-order valence-corrected chi connectivity index (χ2v) is 2.57. The van der Waals surface area contributed by atoms with Crippen molar-refractivity contribution in [1.82, 2.24) is 9.97 Å². The molecule has 2 aromatic rings. The van der Waals surface area contributed by atoms with Gasteiger partial charge in [-0.05, 0) is 22.0 Å². The third-order valence-corrected chi connectivity index (χ3v) is 1.77. The molecule has 0 aliphatic carbocycles. The molecule has 0 unspecified atom stereocenters. The molecule has 0 saturated heterocycles. The lowest BCUT2D eigenvalue weighted by atomic mass is 10.3. The van der Waals surface area contributed by atoms with E-state index in [0.717, 1.165) is 0 Å². The fourth-order valence-corrected chi connectivity index (χ4v) is 1.10. The van der Waals surface area contributed by atoms with E-state index in [0.29, 0.717) is 15.4 Å². The van der Waals surface area contributed by atoms with E-state index in [4.69, 9.17) is 5.48 Å². The van der Waals surface area contributed by atoms with Crippen LogP contribution in [0.4, 0.5) is 0 Å². The summed E-state index contributed by atoms with van der Waals surface area (Å²) in [5.74, 6) is 0. The molecular weight excluding hydrogens is 192 g/mol. The van der Waals surface area contributed by atoms with Gasteiger partial charge in [-0.25, -0.2) is 0 Å². The van der Waals surface area contributed by atoms with Crippen LogP contribution in [0, 0.1) is 0 Å². The molecule has 3 heteroatoms. The summed E-state index contributed by atoms with van der Waals surface area (Å²) < 4.78 is 30.2. The summed E-state index contributed by atoms with van der Waals surface area (Å²) >= 11 is 3.14. The molecule has 0 spiro atoms. The van der Waals surface area contributed by atoms with Gasteiger partial charge in [0.2, 0.25) is 0 Å². The van der Waals surface area contributed by atoms with Gasteiger partial charge in [-0.3, -0.25) is 4.98 Å². The minimum absolute atomic E-state index is 0.0878. The zero-order valence-corrected chi connectivity index (χ0v) is 6.41. The monoisotopic (exact) mass is 200 g/mol. The van der Waals surface area contributed by atoms with Crippen molar-refractivity contribution in [3.63, 3.8) is 0 Å². The van der Waals surface area contributed by atoms with Gasteiger partial charge in [0.15, 0.2) is 0 Å². The highest BCUT2D eigenvalue weighted by Gasteiger charge is 1.96. The Kier molecular flexibility index (Phi) is 0.638. The molecule has 0 radical (unpaired) electrons. The predicted octanol–water partition coefficient (Wildman–Crippen LogP) is 2.33. The summed E-state index contributed by atoms with van der Waals surface area (Å²) in [6, 6.07) is -0.0878. The number of rotatable bonds is 0. The summed E-state index contributed by atoms with van der Waals surface area (Å²) in [6.45, 7) is 0. The van der Waals surface area contributed by atoms with Crippen molar-refractivity contribution in [1.29, 1.82) is 0 Å². The topological polar surface area (TPSA) is 28.7 Å². The van der Waals surface area contributed by atoms with Crippen molar-refractivity contribution in [2.24, 2.45) is 0 Å². The predicted molar refractivity (Wildman–Crippen MR) is 43.8 cm³/mol. The molecule has 0 aliphatic heterocycles. The Labute approximate surface area is 72.0 Å². The number of fused-ring (bicyclic) bond motifs is 1. The fraction of sp³-hybridized carbons (Fsp3) is 0. The number of nitrogens with zero attached hydrogens (tertiary/aromatic N) is 1. The smallest absolute Gasteiger partial charge is 0.0848 e. The van der Waals surface area contributed by atoms with Gasteiger partial charge >= 0.3 is 0 Å². The molecule has 0 fully saturated rings. The Morgan fingerprint density at radius 2 is 2.60 bits per heavy atom. The van der Waals surface area contributed by atoms with Crippen LogP contribution in [0.2, 0.25) is 0 Å². The minimum atomic E-state index is -0.253. The van der Waals surface area contributed by atoms with Crippen LogP contribution in [0.15, 0.2) is 29.0 Å². The number of halogens is 1. The number of pyridine rings is 1. The molecule has 50 valence electrons. The molecule has 2 aromatic heterocycles. The summed E-state index contributed by atoms with van der Waals surface area (Å²) in [4.78, 5) is 6.22. The molecule has 2 nitrogen and oxygen atoms in total. The number of aromatic amines is 1. The van der Waals surface area contributed by atoms with Crippen LogP contribution in [0.3, 0.4) is 0 Å². The van der Waals surface area contributed by atoms with E-state index in [-0.39, 0.29) is 24.6 Å². The van der Waals surface area contributed by atoms with E-state index in [9.17, 15) is 0 Å². The number of hydrogen-bond acceptors (Lipinski definition) is 1. The van der Waals surface area contributed by atoms with E-state index >= 15 is 0 Å². The molecule has 2 heterocycles. The molecule has 0 saturated carbocycles. The standard InChI is InChI=1S/C7H5BrN2/c8-6-4-10-7-1-2-9-3-5(6)7/h1-4,10H/i1D,2D,3D,4D. The lowest BCUT2D eigenvalue weighted by Crippen LogP contribution is -1.68. The van der Waals surface area contributed by atoms with E-state index < -0.39 is 0 Å². The quantitative estimate of drug-likeness (QED) is 0.696. The van der Waals surface area contributed by atoms with Crippen molar-refractivity contribution < 1.29 is 5.48 Å². The van der Waals surface area contributed by atoms with Gasteiger partial charge in [0.1, 0.15) is 0 Å². The summed E-state index contributed by atoms with van der Waals surface area (Å²) in [5, 5.41) is 0.385. The number of hydrogen-bond donors (Lipinski definition) is 1. The van der Waals surface area contributed by atoms with E-state index in [1.54, 1.807) is 0 Å². The van der Waals surface area contributed by atoms with Crippen molar-refractivity contribution >= 4 is 26.8 Å². The van der Waals surface area contributed by atoms with Crippen LogP contribution in [0.1, 0.15) is 5.48 Å². The van der Waals surface area contributed by atoms with Gasteiger partial charge in [-0.15, -0.1) is 0 Å². The molecular formula is C7H5BrN2. The zero-order chi connectivity index (χ0) is 10.5. The van der Waals surface area contributed by atoms with Crippen LogP contribution in [-0.2, 0) is 0 Å². The molecule has 0 aliphatic rings. The van der Waals surface area contributed by atoms with E-state index in [2.05, 4.69) is 25.9 Å². The molecule has 0 atom stereocenters. The van der Waals surface area contributed by atoms with Gasteiger partial charge in [0.05, 0.1) is 5.48 Å². The number of H-pyrrole nitrogens is 1. The largest absolute Gasteiger partial charge is 0.360 e. The molecule has 10 heavy (non-hydrogen) atoms. The minimum Gasteiger partial charge on any atom is -0.360 e. The van der Waals surface area contributed by atoms with E-state index in [1.807, 2.05) is 0 Å². The maximum Gasteiger partial charge on any atom is 0.0848 e. The second kappa shape index (κ2) is 2.09. The normalized spacial score (nSPS) is 16.1. The molecule has 0 bridgehead atoms. The van der Waals surface area contributed by atoms with Gasteiger partial charge in [0, 0.05) is 33.9 Å². The lowest BCUT2D eigenvalue weighted by molar-refractivity contribution is 1.36. The average molecular weight is 201 g/mol. The second-order valence-electron chi connectivity index (χ2n) is 1.77. The highest BCUT2D eigenvalue weighted by molar-refractivity contribution is 9.10.